The summed E-state index contributed by atoms with van der Waals surface area (Å²) in [6, 6.07) is 28.7. The number of hydrogen-bond donors (Lipinski definition) is 3. The number of benzene rings is 4. The summed E-state index contributed by atoms with van der Waals surface area (Å²) >= 11 is 0. The van der Waals surface area contributed by atoms with E-state index in [-0.39, 0.29) is 18.2 Å². The van der Waals surface area contributed by atoms with Gasteiger partial charge in [0.1, 0.15) is 0 Å². The van der Waals surface area contributed by atoms with Crippen LogP contribution in [-0.4, -0.2) is 28.9 Å². The van der Waals surface area contributed by atoms with Crippen molar-refractivity contribution >= 4 is 34.2 Å². The van der Waals surface area contributed by atoms with Crippen LogP contribution in [-0.2, 0) is 11.2 Å². The molecule has 0 spiro atoms. The Morgan fingerprint density at radius 1 is 0.706 bits per heavy atom. The Bertz CT molecular complexity index is 1320. The van der Waals surface area contributed by atoms with Crippen LogP contribution in [0, 0.1) is 0 Å². The number of fused-ring (bicyclic) bond motifs is 1. The van der Waals surface area contributed by atoms with Crippen molar-refractivity contribution in [3.63, 3.8) is 0 Å². The molecule has 0 bridgehead atoms. The molecule has 3 N–H and O–H groups in total. The van der Waals surface area contributed by atoms with Gasteiger partial charge in [-0.15, -0.1) is 0 Å². The van der Waals surface area contributed by atoms with Crippen molar-refractivity contribution in [2.45, 2.75) is 18.9 Å². The summed E-state index contributed by atoms with van der Waals surface area (Å²) in [6.45, 7) is 0. The van der Waals surface area contributed by atoms with E-state index in [1.54, 1.807) is 30.3 Å². The molecule has 170 valence electrons. The summed E-state index contributed by atoms with van der Waals surface area (Å²) in [7, 11) is 0. The molecule has 0 aliphatic rings. The van der Waals surface area contributed by atoms with Gasteiger partial charge in [-0.05, 0) is 59.2 Å². The summed E-state index contributed by atoms with van der Waals surface area (Å²) in [5.74, 6) is -1.59. The lowest BCUT2D eigenvalue weighted by Gasteiger charge is -2.17. The van der Waals surface area contributed by atoms with Gasteiger partial charge >= 0.3 is 5.97 Å². The van der Waals surface area contributed by atoms with Crippen molar-refractivity contribution in [3.8, 4) is 0 Å². The number of hydrogen-bond acceptors (Lipinski definition) is 3. The normalized spacial score (nSPS) is 11.5. The summed E-state index contributed by atoms with van der Waals surface area (Å²) in [6.07, 6.45) is 0.235. The van der Waals surface area contributed by atoms with Gasteiger partial charge in [-0.1, -0.05) is 60.7 Å². The second kappa shape index (κ2) is 10.4. The van der Waals surface area contributed by atoms with Gasteiger partial charge in [0.05, 0.1) is 6.42 Å². The van der Waals surface area contributed by atoms with E-state index in [0.717, 1.165) is 16.3 Å². The predicted molar refractivity (Wildman–Crippen MR) is 132 cm³/mol. The molecule has 0 aliphatic carbocycles. The standard InChI is InChI=1S/C28H24N2O4/c31-26(32)18-25(16-19-6-2-1-3-7-19)30-27(33)21-12-14-24(15-13-21)29-28(34)23-11-10-20-8-4-5-9-22(20)17-23/h1-15,17,25H,16,18H2,(H,29,34)(H,30,33)(H,31,32). The van der Waals surface area contributed by atoms with Crippen molar-refractivity contribution in [3.05, 3.63) is 114 Å². The zero-order chi connectivity index (χ0) is 23.9. The average Bonchev–Trinajstić information content (AvgIpc) is 2.84. The second-order valence-electron chi connectivity index (χ2n) is 8.05. The third-order valence-corrected chi connectivity index (χ3v) is 5.50. The van der Waals surface area contributed by atoms with E-state index >= 15 is 0 Å². The number of rotatable bonds is 8. The molecule has 6 nitrogen and oxygen atoms in total. The van der Waals surface area contributed by atoms with E-state index in [1.165, 1.54) is 0 Å². The van der Waals surface area contributed by atoms with Gasteiger partial charge in [0.15, 0.2) is 0 Å². The van der Waals surface area contributed by atoms with Gasteiger partial charge in [0.25, 0.3) is 11.8 Å². The molecular weight excluding hydrogens is 428 g/mol. The van der Waals surface area contributed by atoms with Crippen molar-refractivity contribution in [1.82, 2.24) is 5.32 Å². The Hall–Kier alpha value is -4.45. The number of carbonyl (C=O) groups excluding carboxylic acids is 2. The smallest absolute Gasteiger partial charge is 0.305 e. The quantitative estimate of drug-likeness (QED) is 0.354. The van der Waals surface area contributed by atoms with Crippen molar-refractivity contribution < 1.29 is 19.5 Å². The second-order valence-corrected chi connectivity index (χ2v) is 8.05. The average molecular weight is 453 g/mol. The van der Waals surface area contributed by atoms with Gasteiger partial charge in [-0.2, -0.15) is 0 Å². The van der Waals surface area contributed by atoms with Crippen LogP contribution < -0.4 is 10.6 Å². The lowest BCUT2D eigenvalue weighted by molar-refractivity contribution is -0.137. The molecule has 1 atom stereocenters. The highest BCUT2D eigenvalue weighted by Gasteiger charge is 2.18. The van der Waals surface area contributed by atoms with E-state index in [1.807, 2.05) is 66.7 Å². The fourth-order valence-electron chi connectivity index (χ4n) is 3.79. The maximum Gasteiger partial charge on any atom is 0.305 e. The van der Waals surface area contributed by atoms with E-state index in [4.69, 9.17) is 0 Å². The molecule has 34 heavy (non-hydrogen) atoms. The topological polar surface area (TPSA) is 95.5 Å². The lowest BCUT2D eigenvalue weighted by Crippen LogP contribution is -2.38. The molecule has 4 rings (SSSR count). The van der Waals surface area contributed by atoms with Gasteiger partial charge in [0, 0.05) is 22.9 Å². The van der Waals surface area contributed by atoms with E-state index < -0.39 is 12.0 Å². The molecule has 2 amide bonds. The Kier molecular flexibility index (Phi) is 6.98. The predicted octanol–water partition coefficient (Wildman–Crippen LogP) is 4.91. The number of amides is 2. The van der Waals surface area contributed by atoms with Crippen molar-refractivity contribution in [2.24, 2.45) is 0 Å². The highest BCUT2D eigenvalue weighted by molar-refractivity contribution is 6.06. The van der Waals surface area contributed by atoms with E-state index in [9.17, 15) is 19.5 Å². The van der Waals surface area contributed by atoms with Gasteiger partial charge < -0.3 is 15.7 Å². The Balaban J connectivity index is 1.40. The van der Waals surface area contributed by atoms with Crippen LogP contribution in [0.2, 0.25) is 0 Å². The first-order valence-electron chi connectivity index (χ1n) is 10.9. The largest absolute Gasteiger partial charge is 0.481 e. The maximum atomic E-state index is 12.7. The summed E-state index contributed by atoms with van der Waals surface area (Å²) < 4.78 is 0. The Labute approximate surface area is 197 Å². The maximum absolute atomic E-state index is 12.7. The number of anilines is 1. The summed E-state index contributed by atoms with van der Waals surface area (Å²) in [5, 5.41) is 16.9. The number of aliphatic carboxylic acids is 1. The van der Waals surface area contributed by atoms with Crippen LogP contribution in [0.5, 0.6) is 0 Å². The van der Waals surface area contributed by atoms with Crippen LogP contribution >= 0.6 is 0 Å². The van der Waals surface area contributed by atoms with Gasteiger partial charge in [-0.3, -0.25) is 14.4 Å². The van der Waals surface area contributed by atoms with Gasteiger partial charge in [-0.25, -0.2) is 0 Å². The molecule has 0 aliphatic heterocycles. The first kappa shape index (κ1) is 22.7. The molecule has 0 saturated carbocycles. The van der Waals surface area contributed by atoms with E-state index in [0.29, 0.717) is 23.2 Å². The van der Waals surface area contributed by atoms with Crippen LogP contribution in [0.4, 0.5) is 5.69 Å². The summed E-state index contributed by atoms with van der Waals surface area (Å²) in [5.41, 5.74) is 2.42. The number of carbonyl (C=O) groups is 3. The number of carboxylic acid groups (broad SMARTS) is 1. The first-order chi connectivity index (χ1) is 16.5. The zero-order valence-electron chi connectivity index (χ0n) is 18.4. The Morgan fingerprint density at radius 3 is 2.06 bits per heavy atom. The lowest BCUT2D eigenvalue weighted by atomic mass is 10.0. The van der Waals surface area contributed by atoms with E-state index in [2.05, 4.69) is 10.6 Å². The third kappa shape index (κ3) is 5.86. The first-order valence-corrected chi connectivity index (χ1v) is 10.9. The van der Waals surface area contributed by atoms with Crippen molar-refractivity contribution in [2.75, 3.05) is 5.32 Å². The van der Waals surface area contributed by atoms with Crippen LogP contribution in [0.15, 0.2) is 97.1 Å². The molecule has 0 heterocycles. The molecule has 0 radical (unpaired) electrons. The van der Waals surface area contributed by atoms with Crippen molar-refractivity contribution in [1.29, 1.82) is 0 Å². The third-order valence-electron chi connectivity index (χ3n) is 5.50. The Morgan fingerprint density at radius 2 is 1.35 bits per heavy atom. The summed E-state index contributed by atoms with van der Waals surface area (Å²) in [4.78, 5) is 36.6. The minimum absolute atomic E-state index is 0.180. The zero-order valence-corrected chi connectivity index (χ0v) is 18.4. The molecule has 1 unspecified atom stereocenters. The fourth-order valence-corrected chi connectivity index (χ4v) is 3.79. The molecule has 0 fully saturated rings. The number of carboxylic acids is 1. The molecule has 0 saturated heterocycles. The molecular formula is C28H24N2O4. The fraction of sp³-hybridized carbons (Fsp3) is 0.107. The minimum Gasteiger partial charge on any atom is -0.481 e. The molecule has 0 aromatic heterocycles. The molecule has 4 aromatic carbocycles. The number of nitrogens with one attached hydrogen (secondary N) is 2. The van der Waals surface area contributed by atoms with Crippen LogP contribution in [0.3, 0.4) is 0 Å². The molecule has 4 aromatic rings. The molecule has 6 heteroatoms. The SMILES string of the molecule is O=C(O)CC(Cc1ccccc1)NC(=O)c1ccc(NC(=O)c2ccc3ccccc3c2)cc1. The van der Waals surface area contributed by atoms with Gasteiger partial charge in [0.2, 0.25) is 0 Å². The highest BCUT2D eigenvalue weighted by atomic mass is 16.4. The monoisotopic (exact) mass is 452 g/mol. The highest BCUT2D eigenvalue weighted by Crippen LogP contribution is 2.18. The van der Waals surface area contributed by atoms with Crippen LogP contribution in [0.1, 0.15) is 32.7 Å². The minimum atomic E-state index is -0.979. The van der Waals surface area contributed by atoms with Crippen LogP contribution in [0.25, 0.3) is 10.8 Å².